The van der Waals surface area contributed by atoms with Crippen LogP contribution in [0.1, 0.15) is 32.1 Å². The standard InChI is InChI=1S/C14H22NO4/c1-11(14(17)12-6-4-3-5-7-12)15-10-13(16)19-9-8-18-2/h10-12H,1,3-9H2,2H3/t11-/m0/s1. The summed E-state index contributed by atoms with van der Waals surface area (Å²) in [5, 5.41) is 0. The van der Waals surface area contributed by atoms with E-state index in [0.29, 0.717) is 6.61 Å². The van der Waals surface area contributed by atoms with Gasteiger partial charge in [0.25, 0.3) is 0 Å². The molecule has 0 spiro atoms. The number of esters is 1. The Morgan fingerprint density at radius 2 is 2.00 bits per heavy atom. The minimum Gasteiger partial charge on any atom is -0.459 e. The Morgan fingerprint density at radius 3 is 2.63 bits per heavy atom. The first kappa shape index (κ1) is 15.8. The first-order chi connectivity index (χ1) is 9.15. The average Bonchev–Trinajstić information content (AvgIpc) is 2.45. The Balaban J connectivity index is 2.33. The maximum atomic E-state index is 12.0. The molecule has 0 bridgehead atoms. The number of carbonyl (C=O) groups is 2. The quantitative estimate of drug-likeness (QED) is 0.399. The Labute approximate surface area is 114 Å². The van der Waals surface area contributed by atoms with Crippen molar-refractivity contribution in [3.8, 4) is 0 Å². The van der Waals surface area contributed by atoms with Gasteiger partial charge in [-0.3, -0.25) is 9.79 Å². The van der Waals surface area contributed by atoms with Crippen LogP contribution in [0.3, 0.4) is 0 Å². The summed E-state index contributed by atoms with van der Waals surface area (Å²) >= 11 is 0. The summed E-state index contributed by atoms with van der Waals surface area (Å²) in [7, 11) is 1.52. The zero-order valence-corrected chi connectivity index (χ0v) is 11.5. The summed E-state index contributed by atoms with van der Waals surface area (Å²) in [5.74, 6) is -0.485. The van der Waals surface area contributed by atoms with Gasteiger partial charge in [-0.2, -0.15) is 0 Å². The summed E-state index contributed by atoms with van der Waals surface area (Å²) in [6, 6.07) is -0.710. The van der Waals surface area contributed by atoms with Gasteiger partial charge >= 0.3 is 5.97 Å². The van der Waals surface area contributed by atoms with Gasteiger partial charge in [-0.15, -0.1) is 0 Å². The van der Waals surface area contributed by atoms with Crippen molar-refractivity contribution in [3.63, 3.8) is 0 Å². The molecule has 0 unspecified atom stereocenters. The van der Waals surface area contributed by atoms with Crippen LogP contribution in [0.25, 0.3) is 0 Å². The van der Waals surface area contributed by atoms with E-state index >= 15 is 0 Å². The molecule has 1 atom stereocenters. The molecule has 0 aromatic heterocycles. The summed E-state index contributed by atoms with van der Waals surface area (Å²) in [6.45, 7) is 4.22. The summed E-state index contributed by atoms with van der Waals surface area (Å²) in [4.78, 5) is 27.2. The van der Waals surface area contributed by atoms with Gasteiger partial charge in [0.15, 0.2) is 5.78 Å². The normalized spacial score (nSPS) is 18.4. The van der Waals surface area contributed by atoms with Crippen LogP contribution in [0.2, 0.25) is 0 Å². The smallest absolute Gasteiger partial charge is 0.349 e. The minimum atomic E-state index is -0.710. The van der Waals surface area contributed by atoms with Crippen LogP contribution in [0.15, 0.2) is 4.99 Å². The third-order valence-electron chi connectivity index (χ3n) is 3.23. The predicted molar refractivity (Wildman–Crippen MR) is 72.1 cm³/mol. The second-order valence-corrected chi connectivity index (χ2v) is 4.69. The van der Waals surface area contributed by atoms with E-state index in [1.54, 1.807) is 0 Å². The van der Waals surface area contributed by atoms with Crippen LogP contribution >= 0.6 is 0 Å². The van der Waals surface area contributed by atoms with E-state index in [1.165, 1.54) is 13.5 Å². The lowest BCUT2D eigenvalue weighted by Crippen LogP contribution is -2.27. The van der Waals surface area contributed by atoms with E-state index in [1.807, 2.05) is 0 Å². The van der Waals surface area contributed by atoms with Crippen LogP contribution < -0.4 is 0 Å². The summed E-state index contributed by atoms with van der Waals surface area (Å²) in [5.41, 5.74) is 0. The number of hydrogen-bond acceptors (Lipinski definition) is 5. The van der Waals surface area contributed by atoms with E-state index in [4.69, 9.17) is 9.47 Å². The van der Waals surface area contributed by atoms with Crippen LogP contribution in [-0.4, -0.2) is 44.3 Å². The lowest BCUT2D eigenvalue weighted by atomic mass is 9.84. The molecule has 0 N–H and O–H groups in total. The highest BCUT2D eigenvalue weighted by Crippen LogP contribution is 2.25. The van der Waals surface area contributed by atoms with E-state index in [0.717, 1.165) is 31.9 Å². The van der Waals surface area contributed by atoms with Crippen molar-refractivity contribution < 1.29 is 19.1 Å². The van der Waals surface area contributed by atoms with Gasteiger partial charge in [0, 0.05) is 13.0 Å². The Morgan fingerprint density at radius 1 is 1.32 bits per heavy atom. The molecule has 5 nitrogen and oxygen atoms in total. The molecule has 5 heteroatoms. The number of Topliss-reactive ketones (excluding diaryl/α,β-unsaturated/α-hetero) is 1. The second-order valence-electron chi connectivity index (χ2n) is 4.69. The molecular weight excluding hydrogens is 246 g/mol. The lowest BCUT2D eigenvalue weighted by Gasteiger charge is -2.21. The zero-order valence-electron chi connectivity index (χ0n) is 11.5. The second kappa shape index (κ2) is 8.80. The van der Waals surface area contributed by atoms with Gasteiger partial charge in [0.2, 0.25) is 0 Å². The lowest BCUT2D eigenvalue weighted by molar-refractivity contribution is -0.136. The van der Waals surface area contributed by atoms with Crippen molar-refractivity contribution in [1.82, 2.24) is 0 Å². The SMILES string of the molecule is [CH2][C@H](N=CC(=O)OCCOC)C(=O)C1CCCCC1. The maximum Gasteiger partial charge on any atom is 0.349 e. The highest BCUT2D eigenvalue weighted by atomic mass is 16.6. The van der Waals surface area contributed by atoms with Gasteiger partial charge in [-0.05, 0) is 19.8 Å². The number of methoxy groups -OCH3 is 1. The highest BCUT2D eigenvalue weighted by Gasteiger charge is 2.24. The topological polar surface area (TPSA) is 65.0 Å². The van der Waals surface area contributed by atoms with Gasteiger partial charge < -0.3 is 9.47 Å². The Kier molecular flexibility index (Phi) is 7.33. The molecule has 1 saturated carbocycles. The van der Waals surface area contributed by atoms with Crippen molar-refractivity contribution in [1.29, 1.82) is 0 Å². The molecular formula is C14H22NO4. The molecule has 19 heavy (non-hydrogen) atoms. The fourth-order valence-corrected chi connectivity index (χ4v) is 2.15. The molecule has 0 amide bonds. The Bertz CT molecular complexity index is 321. The molecule has 1 aliphatic rings. The van der Waals surface area contributed by atoms with Gasteiger partial charge in [-0.1, -0.05) is 19.3 Å². The van der Waals surface area contributed by atoms with Crippen molar-refractivity contribution in [2.75, 3.05) is 20.3 Å². The molecule has 0 heterocycles. The van der Waals surface area contributed by atoms with Crippen LogP contribution in [0.5, 0.6) is 0 Å². The number of rotatable bonds is 7. The third-order valence-corrected chi connectivity index (χ3v) is 3.23. The molecule has 0 aliphatic heterocycles. The minimum absolute atomic E-state index is 0.0284. The molecule has 107 valence electrons. The van der Waals surface area contributed by atoms with Crippen LogP contribution in [-0.2, 0) is 19.1 Å². The van der Waals surface area contributed by atoms with Gasteiger partial charge in [-0.25, -0.2) is 4.79 Å². The van der Waals surface area contributed by atoms with Crippen molar-refractivity contribution in [2.24, 2.45) is 10.9 Å². The van der Waals surface area contributed by atoms with Crippen LogP contribution in [0, 0.1) is 12.8 Å². The number of ketones is 1. The van der Waals surface area contributed by atoms with Crippen molar-refractivity contribution in [2.45, 2.75) is 38.1 Å². The molecule has 1 fully saturated rings. The molecule has 0 aromatic rings. The molecule has 1 rings (SSSR count). The molecule has 0 aromatic carbocycles. The summed E-state index contributed by atoms with van der Waals surface area (Å²) < 4.78 is 9.55. The number of aliphatic imine (C=N–C) groups is 1. The summed E-state index contributed by atoms with van der Waals surface area (Å²) in [6.07, 6.45) is 6.24. The fraction of sp³-hybridized carbons (Fsp3) is 0.714. The van der Waals surface area contributed by atoms with E-state index in [-0.39, 0.29) is 18.3 Å². The third kappa shape index (κ3) is 5.96. The number of carbonyl (C=O) groups excluding carboxylic acids is 2. The van der Waals surface area contributed by atoms with E-state index in [9.17, 15) is 9.59 Å². The monoisotopic (exact) mass is 268 g/mol. The molecule has 0 saturated heterocycles. The predicted octanol–water partition coefficient (Wildman–Crippen LogP) is 1.60. The van der Waals surface area contributed by atoms with Crippen molar-refractivity contribution in [3.05, 3.63) is 6.92 Å². The Hall–Kier alpha value is -1.23. The first-order valence-electron chi connectivity index (χ1n) is 6.71. The van der Waals surface area contributed by atoms with E-state index in [2.05, 4.69) is 11.9 Å². The molecule has 1 radical (unpaired) electrons. The average molecular weight is 268 g/mol. The fourth-order valence-electron chi connectivity index (χ4n) is 2.15. The largest absolute Gasteiger partial charge is 0.459 e. The number of hydrogen-bond donors (Lipinski definition) is 0. The highest BCUT2D eigenvalue weighted by molar-refractivity contribution is 6.23. The first-order valence-corrected chi connectivity index (χ1v) is 6.71. The van der Waals surface area contributed by atoms with Gasteiger partial charge in [0.1, 0.15) is 18.9 Å². The molecule has 1 aliphatic carbocycles. The number of nitrogens with zero attached hydrogens (tertiary/aromatic N) is 1. The van der Waals surface area contributed by atoms with Gasteiger partial charge in [0.05, 0.1) is 6.61 Å². The number of ether oxygens (including phenoxy) is 2. The zero-order chi connectivity index (χ0) is 14.1. The van der Waals surface area contributed by atoms with Crippen LogP contribution in [0.4, 0.5) is 0 Å². The van der Waals surface area contributed by atoms with Crippen molar-refractivity contribution >= 4 is 18.0 Å². The maximum absolute atomic E-state index is 12.0. The van der Waals surface area contributed by atoms with E-state index < -0.39 is 12.0 Å².